The van der Waals surface area contributed by atoms with E-state index in [0.717, 1.165) is 12.3 Å². The molecule has 1 unspecified atom stereocenters. The van der Waals surface area contributed by atoms with Gasteiger partial charge in [-0.2, -0.15) is 5.10 Å². The Morgan fingerprint density at radius 2 is 2.38 bits per heavy atom. The zero-order chi connectivity index (χ0) is 11.5. The van der Waals surface area contributed by atoms with Crippen LogP contribution in [0.2, 0.25) is 0 Å². The zero-order valence-corrected chi connectivity index (χ0v) is 9.90. The summed E-state index contributed by atoms with van der Waals surface area (Å²) >= 11 is 0. The predicted octanol–water partition coefficient (Wildman–Crippen LogP) is 2.17. The van der Waals surface area contributed by atoms with Crippen molar-refractivity contribution in [2.45, 2.75) is 26.4 Å². The molecule has 4 nitrogen and oxygen atoms in total. The molecule has 0 saturated heterocycles. The van der Waals surface area contributed by atoms with E-state index in [1.165, 1.54) is 11.3 Å². The molecule has 0 aromatic carbocycles. The van der Waals surface area contributed by atoms with E-state index < -0.39 is 0 Å². The number of nitrogens with one attached hydrogen (secondary N) is 1. The highest BCUT2D eigenvalue weighted by molar-refractivity contribution is 5.16. The van der Waals surface area contributed by atoms with Crippen LogP contribution in [0.4, 0.5) is 0 Å². The second-order valence-electron chi connectivity index (χ2n) is 4.00. The van der Waals surface area contributed by atoms with E-state index in [4.69, 9.17) is 4.42 Å². The van der Waals surface area contributed by atoms with Gasteiger partial charge in [-0.1, -0.05) is 0 Å². The highest BCUT2D eigenvalue weighted by atomic mass is 16.3. The first-order valence-electron chi connectivity index (χ1n) is 5.42. The first kappa shape index (κ1) is 11.0. The lowest BCUT2D eigenvalue weighted by atomic mass is 10.2. The molecule has 2 rings (SSSR count). The van der Waals surface area contributed by atoms with Crippen molar-refractivity contribution >= 4 is 0 Å². The molecule has 1 atom stereocenters. The summed E-state index contributed by atoms with van der Waals surface area (Å²) < 4.78 is 7.22. The Labute approximate surface area is 95.3 Å². The second kappa shape index (κ2) is 4.53. The van der Waals surface area contributed by atoms with E-state index in [1.54, 1.807) is 6.26 Å². The molecular formula is C12H17N3O. The van der Waals surface area contributed by atoms with Gasteiger partial charge in [-0.25, -0.2) is 0 Å². The second-order valence-corrected chi connectivity index (χ2v) is 4.00. The molecule has 0 radical (unpaired) electrons. The van der Waals surface area contributed by atoms with Crippen LogP contribution < -0.4 is 5.32 Å². The highest BCUT2D eigenvalue weighted by Crippen LogP contribution is 2.14. The molecule has 16 heavy (non-hydrogen) atoms. The van der Waals surface area contributed by atoms with Crippen molar-refractivity contribution in [1.82, 2.24) is 15.1 Å². The van der Waals surface area contributed by atoms with Gasteiger partial charge < -0.3 is 9.73 Å². The zero-order valence-electron chi connectivity index (χ0n) is 9.90. The first-order valence-corrected chi connectivity index (χ1v) is 5.42. The van der Waals surface area contributed by atoms with Gasteiger partial charge in [0.05, 0.1) is 18.5 Å². The third-order valence-electron chi connectivity index (χ3n) is 2.91. The van der Waals surface area contributed by atoms with Crippen LogP contribution >= 0.6 is 0 Å². The molecule has 0 spiro atoms. The number of hydrogen-bond donors (Lipinski definition) is 1. The maximum atomic E-state index is 5.34. The average Bonchev–Trinajstić information content (AvgIpc) is 2.89. The number of aromatic nitrogens is 2. The van der Waals surface area contributed by atoms with Crippen molar-refractivity contribution in [1.29, 1.82) is 0 Å². The molecule has 1 N–H and O–H groups in total. The fourth-order valence-corrected chi connectivity index (χ4v) is 1.62. The van der Waals surface area contributed by atoms with Gasteiger partial charge in [0.1, 0.15) is 5.76 Å². The Kier molecular flexibility index (Phi) is 3.10. The normalized spacial score (nSPS) is 12.9. The lowest BCUT2D eigenvalue weighted by Gasteiger charge is -2.10. The average molecular weight is 219 g/mol. The largest absolute Gasteiger partial charge is 0.468 e. The van der Waals surface area contributed by atoms with Crippen LogP contribution in [0.1, 0.15) is 30.0 Å². The van der Waals surface area contributed by atoms with E-state index in [-0.39, 0.29) is 6.04 Å². The van der Waals surface area contributed by atoms with Crippen molar-refractivity contribution in [3.63, 3.8) is 0 Å². The van der Waals surface area contributed by atoms with E-state index >= 15 is 0 Å². The number of rotatable bonds is 4. The Bertz CT molecular complexity index is 445. The Morgan fingerprint density at radius 1 is 1.56 bits per heavy atom. The van der Waals surface area contributed by atoms with Crippen LogP contribution in [0.25, 0.3) is 0 Å². The predicted molar refractivity (Wildman–Crippen MR) is 61.9 cm³/mol. The van der Waals surface area contributed by atoms with Crippen LogP contribution in [0.15, 0.2) is 29.0 Å². The van der Waals surface area contributed by atoms with Crippen LogP contribution in [0.5, 0.6) is 0 Å². The lowest BCUT2D eigenvalue weighted by Crippen LogP contribution is -2.17. The van der Waals surface area contributed by atoms with Gasteiger partial charge in [-0.15, -0.1) is 0 Å². The molecule has 0 amide bonds. The van der Waals surface area contributed by atoms with Gasteiger partial charge in [0.2, 0.25) is 0 Å². The van der Waals surface area contributed by atoms with Crippen LogP contribution in [0, 0.1) is 6.92 Å². The molecule has 2 aromatic heterocycles. The van der Waals surface area contributed by atoms with Crippen LogP contribution in [0.3, 0.4) is 0 Å². The van der Waals surface area contributed by atoms with Gasteiger partial charge in [0.15, 0.2) is 0 Å². The number of nitrogens with zero attached hydrogens (tertiary/aromatic N) is 2. The molecule has 0 bridgehead atoms. The topological polar surface area (TPSA) is 43.0 Å². The molecule has 2 aromatic rings. The van der Waals surface area contributed by atoms with Crippen LogP contribution in [-0.2, 0) is 13.6 Å². The Morgan fingerprint density at radius 3 is 2.94 bits per heavy atom. The van der Waals surface area contributed by atoms with Crippen molar-refractivity contribution in [2.24, 2.45) is 7.05 Å². The molecule has 2 heterocycles. The van der Waals surface area contributed by atoms with E-state index in [2.05, 4.69) is 24.3 Å². The molecule has 0 fully saturated rings. The van der Waals surface area contributed by atoms with Gasteiger partial charge >= 0.3 is 0 Å². The summed E-state index contributed by atoms with van der Waals surface area (Å²) in [6.07, 6.45) is 3.60. The standard InChI is InChI=1S/C12H17N3O/c1-9(12-5-4-6-16-12)13-7-11-8-14-15(3)10(11)2/h4-6,8-9,13H,7H2,1-3H3. The fourth-order valence-electron chi connectivity index (χ4n) is 1.62. The highest BCUT2D eigenvalue weighted by Gasteiger charge is 2.09. The van der Waals surface area contributed by atoms with Gasteiger partial charge in [0.25, 0.3) is 0 Å². The minimum atomic E-state index is 0.217. The number of hydrogen-bond acceptors (Lipinski definition) is 3. The third kappa shape index (κ3) is 2.17. The van der Waals surface area contributed by atoms with Crippen molar-refractivity contribution in [2.75, 3.05) is 0 Å². The quantitative estimate of drug-likeness (QED) is 0.857. The molecule has 4 heteroatoms. The van der Waals surface area contributed by atoms with E-state index in [9.17, 15) is 0 Å². The molecular weight excluding hydrogens is 202 g/mol. The minimum absolute atomic E-state index is 0.217. The number of furan rings is 1. The third-order valence-corrected chi connectivity index (χ3v) is 2.91. The summed E-state index contributed by atoms with van der Waals surface area (Å²) in [5.74, 6) is 0.960. The maximum Gasteiger partial charge on any atom is 0.120 e. The molecule has 0 aliphatic rings. The molecule has 0 aliphatic carbocycles. The van der Waals surface area contributed by atoms with Gasteiger partial charge in [-0.3, -0.25) is 4.68 Å². The van der Waals surface area contributed by atoms with Gasteiger partial charge in [0, 0.05) is 24.8 Å². The summed E-state index contributed by atoms with van der Waals surface area (Å²) in [4.78, 5) is 0. The summed E-state index contributed by atoms with van der Waals surface area (Å²) in [6, 6.07) is 4.10. The minimum Gasteiger partial charge on any atom is -0.468 e. The summed E-state index contributed by atoms with van der Waals surface area (Å²) in [5, 5.41) is 7.62. The number of aryl methyl sites for hydroxylation is 1. The fraction of sp³-hybridized carbons (Fsp3) is 0.417. The lowest BCUT2D eigenvalue weighted by molar-refractivity contribution is 0.430. The molecule has 0 saturated carbocycles. The first-order chi connectivity index (χ1) is 7.68. The van der Waals surface area contributed by atoms with Gasteiger partial charge in [-0.05, 0) is 26.0 Å². The van der Waals surface area contributed by atoms with Crippen molar-refractivity contribution < 1.29 is 4.42 Å². The smallest absolute Gasteiger partial charge is 0.120 e. The monoisotopic (exact) mass is 219 g/mol. The summed E-state index contributed by atoms with van der Waals surface area (Å²) in [7, 11) is 1.95. The van der Waals surface area contributed by atoms with Crippen molar-refractivity contribution in [3.05, 3.63) is 41.6 Å². The van der Waals surface area contributed by atoms with Crippen molar-refractivity contribution in [3.8, 4) is 0 Å². The Hall–Kier alpha value is -1.55. The van der Waals surface area contributed by atoms with Crippen LogP contribution in [-0.4, -0.2) is 9.78 Å². The maximum absolute atomic E-state index is 5.34. The summed E-state index contributed by atoms with van der Waals surface area (Å²) in [6.45, 7) is 4.97. The van der Waals surface area contributed by atoms with E-state index in [1.807, 2.05) is 30.1 Å². The Balaban J connectivity index is 1.95. The SMILES string of the molecule is Cc1c(CNC(C)c2ccco2)cnn1C. The summed E-state index contributed by atoms with van der Waals surface area (Å²) in [5.41, 5.74) is 2.42. The molecule has 86 valence electrons. The molecule has 0 aliphatic heterocycles. The van der Waals surface area contributed by atoms with E-state index in [0.29, 0.717) is 0 Å².